The van der Waals surface area contributed by atoms with Crippen LogP contribution < -0.4 is 0 Å². The van der Waals surface area contributed by atoms with Crippen molar-refractivity contribution in [3.63, 3.8) is 0 Å². The van der Waals surface area contributed by atoms with E-state index in [0.717, 1.165) is 9.86 Å². The molecule has 0 amide bonds. The van der Waals surface area contributed by atoms with E-state index in [1.54, 1.807) is 25.1 Å². The summed E-state index contributed by atoms with van der Waals surface area (Å²) in [4.78, 5) is 4.02. The van der Waals surface area contributed by atoms with Crippen molar-refractivity contribution in [3.8, 4) is 0 Å². The maximum Gasteiger partial charge on any atom is 0.199 e. The van der Waals surface area contributed by atoms with Crippen molar-refractivity contribution in [2.45, 2.75) is 17.2 Å². The molecule has 0 fully saturated rings. The molecule has 2 aromatic rings. The first-order valence-electron chi connectivity index (χ1n) is 5.31. The van der Waals surface area contributed by atoms with Crippen LogP contribution in [0.3, 0.4) is 0 Å². The Morgan fingerprint density at radius 3 is 2.72 bits per heavy atom. The van der Waals surface area contributed by atoms with Gasteiger partial charge >= 0.3 is 0 Å². The minimum atomic E-state index is -3.50. The second-order valence-corrected chi connectivity index (χ2v) is 7.41. The van der Waals surface area contributed by atoms with Crippen LogP contribution in [0.25, 0.3) is 10.8 Å². The van der Waals surface area contributed by atoms with Crippen molar-refractivity contribution >= 4 is 48.1 Å². The molecule has 0 spiro atoms. The van der Waals surface area contributed by atoms with Crippen LogP contribution in [0.4, 0.5) is 0 Å². The molecule has 0 bridgehead atoms. The van der Waals surface area contributed by atoms with Crippen molar-refractivity contribution in [1.29, 1.82) is 0 Å². The molecule has 96 valence electrons. The molecule has 0 saturated heterocycles. The number of benzene rings is 1. The Kier molecular flexibility index (Phi) is 3.94. The molecule has 1 atom stereocenters. The average Bonchev–Trinajstić information content (AvgIpc) is 2.37. The number of hydrogen-bond acceptors (Lipinski definition) is 3. The van der Waals surface area contributed by atoms with Crippen LogP contribution in [0.2, 0.25) is 0 Å². The maximum atomic E-state index is 12.3. The summed E-state index contributed by atoms with van der Waals surface area (Å²) in [5.74, 6) is 0.0500. The third-order valence-corrected chi connectivity index (χ3v) is 6.16. The van der Waals surface area contributed by atoms with Crippen LogP contribution in [-0.2, 0) is 9.84 Å². The standard InChI is InChI=1S/C12H11BrClNO2S/c1-8(7-14)18(16,17)12-10-3-2-4-11(13)9(10)5-6-15-12/h2-6,8H,7H2,1H3. The van der Waals surface area contributed by atoms with E-state index in [9.17, 15) is 8.42 Å². The van der Waals surface area contributed by atoms with Gasteiger partial charge in [0.1, 0.15) is 0 Å². The zero-order chi connectivity index (χ0) is 13.3. The van der Waals surface area contributed by atoms with Crippen LogP contribution in [0.5, 0.6) is 0 Å². The van der Waals surface area contributed by atoms with E-state index >= 15 is 0 Å². The normalized spacial score (nSPS) is 13.7. The molecule has 2 rings (SSSR count). The van der Waals surface area contributed by atoms with Crippen molar-refractivity contribution in [1.82, 2.24) is 4.98 Å². The number of sulfone groups is 1. The summed E-state index contributed by atoms with van der Waals surface area (Å²) in [5.41, 5.74) is 0. The molecule has 1 heterocycles. The summed E-state index contributed by atoms with van der Waals surface area (Å²) in [5, 5.41) is 0.877. The zero-order valence-corrected chi connectivity index (χ0v) is 12.8. The van der Waals surface area contributed by atoms with Gasteiger partial charge in [0, 0.05) is 27.3 Å². The second-order valence-electron chi connectivity index (χ2n) is 3.96. The molecule has 0 aliphatic heterocycles. The third-order valence-electron chi connectivity index (χ3n) is 2.73. The van der Waals surface area contributed by atoms with Crippen LogP contribution in [0.1, 0.15) is 6.92 Å². The summed E-state index contributed by atoms with van der Waals surface area (Å²) in [6.45, 7) is 1.58. The number of hydrogen-bond donors (Lipinski definition) is 0. The predicted octanol–water partition coefficient (Wildman–Crippen LogP) is 3.40. The Labute approximate surface area is 119 Å². The Morgan fingerprint density at radius 2 is 2.06 bits per heavy atom. The lowest BCUT2D eigenvalue weighted by atomic mass is 10.2. The fourth-order valence-electron chi connectivity index (χ4n) is 1.64. The van der Waals surface area contributed by atoms with Gasteiger partial charge in [0.25, 0.3) is 0 Å². The topological polar surface area (TPSA) is 47.0 Å². The number of aromatic nitrogens is 1. The summed E-state index contributed by atoms with van der Waals surface area (Å²) in [7, 11) is -3.50. The minimum Gasteiger partial charge on any atom is -0.244 e. The van der Waals surface area contributed by atoms with Crippen molar-refractivity contribution in [2.75, 3.05) is 5.88 Å². The summed E-state index contributed by atoms with van der Waals surface area (Å²) >= 11 is 9.06. The molecular weight excluding hydrogens is 338 g/mol. The first-order valence-corrected chi connectivity index (χ1v) is 8.19. The fraction of sp³-hybridized carbons (Fsp3) is 0.250. The highest BCUT2D eigenvalue weighted by molar-refractivity contribution is 9.10. The lowest BCUT2D eigenvalue weighted by Crippen LogP contribution is -2.20. The van der Waals surface area contributed by atoms with E-state index in [4.69, 9.17) is 11.6 Å². The summed E-state index contributed by atoms with van der Waals surface area (Å²) < 4.78 is 25.5. The van der Waals surface area contributed by atoms with Gasteiger partial charge in [-0.1, -0.05) is 28.1 Å². The van der Waals surface area contributed by atoms with Gasteiger partial charge in [-0.05, 0) is 19.1 Å². The Hall–Kier alpha value is -0.650. The highest BCUT2D eigenvalue weighted by Gasteiger charge is 2.26. The van der Waals surface area contributed by atoms with Crippen molar-refractivity contribution in [3.05, 3.63) is 34.9 Å². The van der Waals surface area contributed by atoms with Gasteiger partial charge in [-0.2, -0.15) is 0 Å². The molecular formula is C12H11BrClNO2S. The number of alkyl halides is 1. The van der Waals surface area contributed by atoms with Crippen molar-refractivity contribution in [2.24, 2.45) is 0 Å². The molecule has 1 aromatic heterocycles. The van der Waals surface area contributed by atoms with Gasteiger partial charge in [-0.15, -0.1) is 11.6 Å². The molecule has 0 aliphatic rings. The van der Waals surface area contributed by atoms with E-state index in [1.807, 2.05) is 6.07 Å². The van der Waals surface area contributed by atoms with Gasteiger partial charge in [0.05, 0.1) is 5.25 Å². The van der Waals surface area contributed by atoms with E-state index in [0.29, 0.717) is 5.39 Å². The first-order chi connectivity index (χ1) is 8.48. The third kappa shape index (κ3) is 2.27. The monoisotopic (exact) mass is 347 g/mol. The number of pyridine rings is 1. The Balaban J connectivity index is 2.77. The van der Waals surface area contributed by atoms with Gasteiger partial charge in [0.2, 0.25) is 0 Å². The van der Waals surface area contributed by atoms with Gasteiger partial charge in [-0.25, -0.2) is 13.4 Å². The number of rotatable bonds is 3. The predicted molar refractivity (Wildman–Crippen MR) is 76.8 cm³/mol. The quantitative estimate of drug-likeness (QED) is 0.799. The summed E-state index contributed by atoms with van der Waals surface area (Å²) in [6.07, 6.45) is 1.50. The van der Waals surface area contributed by atoms with E-state index in [1.165, 1.54) is 6.20 Å². The molecule has 0 radical (unpaired) electrons. The fourth-order valence-corrected chi connectivity index (χ4v) is 3.88. The first kappa shape index (κ1) is 13.8. The highest BCUT2D eigenvalue weighted by atomic mass is 79.9. The zero-order valence-electron chi connectivity index (χ0n) is 9.60. The van der Waals surface area contributed by atoms with Gasteiger partial charge in [-0.3, -0.25) is 0 Å². The SMILES string of the molecule is CC(CCl)S(=O)(=O)c1nccc2c(Br)cccc12. The van der Waals surface area contributed by atoms with Gasteiger partial charge in [0.15, 0.2) is 14.9 Å². The number of fused-ring (bicyclic) bond motifs is 1. The minimum absolute atomic E-state index is 0.0500. The molecule has 3 nitrogen and oxygen atoms in total. The molecule has 6 heteroatoms. The average molecular weight is 349 g/mol. The maximum absolute atomic E-state index is 12.3. The molecule has 0 N–H and O–H groups in total. The van der Waals surface area contributed by atoms with Crippen LogP contribution in [0, 0.1) is 0 Å². The molecule has 0 saturated carbocycles. The largest absolute Gasteiger partial charge is 0.244 e. The van der Waals surface area contributed by atoms with E-state index in [-0.39, 0.29) is 10.9 Å². The lowest BCUT2D eigenvalue weighted by Gasteiger charge is -2.11. The van der Waals surface area contributed by atoms with Gasteiger partial charge < -0.3 is 0 Å². The number of nitrogens with zero attached hydrogens (tertiary/aromatic N) is 1. The van der Waals surface area contributed by atoms with Crippen LogP contribution in [-0.4, -0.2) is 24.5 Å². The van der Waals surface area contributed by atoms with Crippen LogP contribution >= 0.6 is 27.5 Å². The Morgan fingerprint density at radius 1 is 1.33 bits per heavy atom. The highest BCUT2D eigenvalue weighted by Crippen LogP contribution is 2.29. The summed E-state index contributed by atoms with van der Waals surface area (Å²) in [6, 6.07) is 7.19. The van der Waals surface area contributed by atoms with Crippen LogP contribution in [0.15, 0.2) is 40.0 Å². The molecule has 1 aromatic carbocycles. The second kappa shape index (κ2) is 5.15. The Bertz CT molecular complexity index is 688. The van der Waals surface area contributed by atoms with Crippen molar-refractivity contribution < 1.29 is 8.42 Å². The molecule has 0 aliphatic carbocycles. The van der Waals surface area contributed by atoms with E-state index in [2.05, 4.69) is 20.9 Å². The molecule has 18 heavy (non-hydrogen) atoms. The lowest BCUT2D eigenvalue weighted by molar-refractivity contribution is 0.585. The number of halogens is 2. The molecule has 1 unspecified atom stereocenters. The smallest absolute Gasteiger partial charge is 0.199 e. The van der Waals surface area contributed by atoms with E-state index < -0.39 is 15.1 Å².